The second-order valence-corrected chi connectivity index (χ2v) is 3.97. The third-order valence-corrected chi connectivity index (χ3v) is 2.68. The van der Waals surface area contributed by atoms with E-state index >= 15 is 0 Å². The number of halogens is 1. The van der Waals surface area contributed by atoms with Gasteiger partial charge >= 0.3 is 0 Å². The molecule has 2 aromatic rings. The van der Waals surface area contributed by atoms with Crippen LogP contribution in [0.2, 0.25) is 0 Å². The zero-order chi connectivity index (χ0) is 11.0. The van der Waals surface area contributed by atoms with Gasteiger partial charge in [0.25, 0.3) is 0 Å². The van der Waals surface area contributed by atoms with Crippen LogP contribution >= 0.6 is 15.9 Å². The number of rotatable bonds is 1. The lowest BCUT2D eigenvalue weighted by Gasteiger charge is -2.05. The average molecular weight is 268 g/mol. The summed E-state index contributed by atoms with van der Waals surface area (Å²) in [6, 6.07) is 3.68. The number of hydrogen-bond donors (Lipinski definition) is 1. The second kappa shape index (κ2) is 3.62. The van der Waals surface area contributed by atoms with E-state index in [2.05, 4.69) is 31.2 Å². The van der Waals surface area contributed by atoms with Crippen molar-refractivity contribution in [2.24, 2.45) is 7.05 Å². The monoisotopic (exact) mass is 267 g/mol. The molecule has 2 N–H and O–H groups in total. The minimum absolute atomic E-state index is 0.516. The fourth-order valence-electron chi connectivity index (χ4n) is 1.45. The van der Waals surface area contributed by atoms with Crippen LogP contribution in [0.3, 0.4) is 0 Å². The minimum atomic E-state index is 0.516. The molecule has 15 heavy (non-hydrogen) atoms. The zero-order valence-corrected chi connectivity index (χ0v) is 9.98. The fourth-order valence-corrected chi connectivity index (χ4v) is 1.99. The minimum Gasteiger partial charge on any atom is -0.384 e. The lowest BCUT2D eigenvalue weighted by molar-refractivity contribution is 0.719. The SMILES string of the molecule is Cc1nc(N)ccc1-c1c(Br)nnn1C. The Kier molecular flexibility index (Phi) is 2.44. The van der Waals surface area contributed by atoms with Crippen LogP contribution in [0.25, 0.3) is 11.3 Å². The number of nitrogens with zero attached hydrogens (tertiary/aromatic N) is 4. The molecule has 5 nitrogen and oxygen atoms in total. The number of pyridine rings is 1. The van der Waals surface area contributed by atoms with Crippen molar-refractivity contribution in [1.29, 1.82) is 0 Å². The van der Waals surface area contributed by atoms with Gasteiger partial charge in [0.05, 0.1) is 0 Å². The molecule has 78 valence electrons. The van der Waals surface area contributed by atoms with Gasteiger partial charge in [-0.3, -0.25) is 0 Å². The van der Waals surface area contributed by atoms with Crippen LogP contribution < -0.4 is 5.73 Å². The molecule has 6 heteroatoms. The Hall–Kier alpha value is -1.43. The highest BCUT2D eigenvalue weighted by Gasteiger charge is 2.13. The van der Waals surface area contributed by atoms with E-state index in [1.165, 1.54) is 0 Å². The predicted molar refractivity (Wildman–Crippen MR) is 61.1 cm³/mol. The van der Waals surface area contributed by atoms with Gasteiger partial charge in [-0.2, -0.15) is 0 Å². The summed E-state index contributed by atoms with van der Waals surface area (Å²) in [6.45, 7) is 1.91. The number of anilines is 1. The van der Waals surface area contributed by atoms with Crippen molar-refractivity contribution in [3.05, 3.63) is 22.4 Å². The first kappa shape index (κ1) is 10.1. The first-order valence-corrected chi connectivity index (χ1v) is 5.17. The van der Waals surface area contributed by atoms with Gasteiger partial charge in [0.2, 0.25) is 0 Å². The van der Waals surface area contributed by atoms with Crippen molar-refractivity contribution in [2.75, 3.05) is 5.73 Å². The quantitative estimate of drug-likeness (QED) is 0.851. The van der Waals surface area contributed by atoms with Gasteiger partial charge in [-0.25, -0.2) is 9.67 Å². The summed E-state index contributed by atoms with van der Waals surface area (Å²) < 4.78 is 2.41. The summed E-state index contributed by atoms with van der Waals surface area (Å²) in [6.07, 6.45) is 0. The maximum absolute atomic E-state index is 5.60. The highest BCUT2D eigenvalue weighted by atomic mass is 79.9. The van der Waals surface area contributed by atoms with Crippen LogP contribution in [0.15, 0.2) is 16.7 Å². The Labute approximate surface area is 95.4 Å². The zero-order valence-electron chi connectivity index (χ0n) is 8.40. The summed E-state index contributed by atoms with van der Waals surface area (Å²) in [5.41, 5.74) is 8.34. The normalized spacial score (nSPS) is 10.6. The third-order valence-electron chi connectivity index (χ3n) is 2.15. The summed E-state index contributed by atoms with van der Waals surface area (Å²) in [5, 5.41) is 7.84. The lowest BCUT2D eigenvalue weighted by Crippen LogP contribution is -1.99. The van der Waals surface area contributed by atoms with Gasteiger partial charge in [0.15, 0.2) is 4.60 Å². The van der Waals surface area contributed by atoms with Crippen LogP contribution in [0.1, 0.15) is 5.69 Å². The van der Waals surface area contributed by atoms with Gasteiger partial charge in [0, 0.05) is 18.3 Å². The van der Waals surface area contributed by atoms with E-state index in [-0.39, 0.29) is 0 Å². The van der Waals surface area contributed by atoms with Crippen molar-refractivity contribution in [2.45, 2.75) is 6.92 Å². The van der Waals surface area contributed by atoms with Crippen molar-refractivity contribution >= 4 is 21.7 Å². The molecular formula is C9H10BrN5. The van der Waals surface area contributed by atoms with E-state index in [4.69, 9.17) is 5.73 Å². The standard InChI is InChI=1S/C9H10BrN5/c1-5-6(3-4-7(11)12-5)8-9(10)13-14-15(8)2/h3-4H,1-2H3,(H2,11,12). The van der Waals surface area contributed by atoms with Crippen molar-refractivity contribution in [3.8, 4) is 11.3 Å². The first-order chi connectivity index (χ1) is 7.09. The first-order valence-electron chi connectivity index (χ1n) is 4.38. The molecule has 2 heterocycles. The topological polar surface area (TPSA) is 69.6 Å². The molecule has 2 aromatic heterocycles. The maximum atomic E-state index is 5.60. The third kappa shape index (κ3) is 1.72. The molecule has 0 atom stereocenters. The van der Waals surface area contributed by atoms with E-state index in [1.807, 2.05) is 20.0 Å². The lowest BCUT2D eigenvalue weighted by atomic mass is 10.1. The van der Waals surface area contributed by atoms with Crippen molar-refractivity contribution in [1.82, 2.24) is 20.0 Å². The summed E-state index contributed by atoms with van der Waals surface area (Å²) in [4.78, 5) is 4.20. The Morgan fingerprint density at radius 2 is 2.13 bits per heavy atom. The molecule has 0 aliphatic carbocycles. The molecule has 0 radical (unpaired) electrons. The van der Waals surface area contributed by atoms with E-state index in [9.17, 15) is 0 Å². The van der Waals surface area contributed by atoms with Gasteiger partial charge in [-0.1, -0.05) is 5.21 Å². The smallest absolute Gasteiger partial charge is 0.156 e. The van der Waals surface area contributed by atoms with Gasteiger partial charge < -0.3 is 5.73 Å². The van der Waals surface area contributed by atoms with Gasteiger partial charge in [-0.05, 0) is 35.0 Å². The Morgan fingerprint density at radius 3 is 2.67 bits per heavy atom. The molecule has 2 rings (SSSR count). The summed E-state index contributed by atoms with van der Waals surface area (Å²) in [7, 11) is 1.84. The van der Waals surface area contributed by atoms with E-state index in [0.29, 0.717) is 10.4 Å². The number of nitrogen functional groups attached to an aromatic ring is 1. The van der Waals surface area contributed by atoms with Gasteiger partial charge in [0.1, 0.15) is 11.5 Å². The summed E-state index contributed by atoms with van der Waals surface area (Å²) in [5.74, 6) is 0.516. The molecule has 0 spiro atoms. The average Bonchev–Trinajstić information content (AvgIpc) is 2.48. The molecule has 0 bridgehead atoms. The molecule has 0 unspecified atom stereocenters. The highest BCUT2D eigenvalue weighted by molar-refractivity contribution is 9.10. The van der Waals surface area contributed by atoms with Crippen LogP contribution in [0.4, 0.5) is 5.82 Å². The number of aromatic nitrogens is 4. The number of hydrogen-bond acceptors (Lipinski definition) is 4. The molecule has 0 fully saturated rings. The van der Waals surface area contributed by atoms with Crippen molar-refractivity contribution in [3.63, 3.8) is 0 Å². The molecule has 0 aliphatic rings. The van der Waals surface area contributed by atoms with Crippen molar-refractivity contribution < 1.29 is 0 Å². The molecular weight excluding hydrogens is 258 g/mol. The maximum Gasteiger partial charge on any atom is 0.156 e. The van der Waals surface area contributed by atoms with Crippen LogP contribution in [-0.2, 0) is 7.05 Å². The number of nitrogens with two attached hydrogens (primary N) is 1. The second-order valence-electron chi connectivity index (χ2n) is 3.22. The molecule has 0 aromatic carbocycles. The van der Waals surface area contributed by atoms with Crippen LogP contribution in [-0.4, -0.2) is 20.0 Å². The van der Waals surface area contributed by atoms with Gasteiger partial charge in [-0.15, -0.1) is 5.10 Å². The van der Waals surface area contributed by atoms with E-state index < -0.39 is 0 Å². The van der Waals surface area contributed by atoms with Crippen LogP contribution in [0.5, 0.6) is 0 Å². The fraction of sp³-hybridized carbons (Fsp3) is 0.222. The molecule has 0 saturated heterocycles. The molecule has 0 amide bonds. The molecule has 0 aliphatic heterocycles. The van der Waals surface area contributed by atoms with Crippen LogP contribution in [0, 0.1) is 6.92 Å². The predicted octanol–water partition coefficient (Wildman–Crippen LogP) is 1.53. The highest BCUT2D eigenvalue weighted by Crippen LogP contribution is 2.27. The Morgan fingerprint density at radius 1 is 1.40 bits per heavy atom. The van der Waals surface area contributed by atoms with E-state index in [0.717, 1.165) is 17.0 Å². The summed E-state index contributed by atoms with van der Waals surface area (Å²) >= 11 is 3.35. The Bertz CT molecular complexity index is 486. The molecule has 0 saturated carbocycles. The van der Waals surface area contributed by atoms with E-state index in [1.54, 1.807) is 10.7 Å². The Balaban J connectivity index is 2.64. The largest absolute Gasteiger partial charge is 0.384 e. The number of aryl methyl sites for hydroxylation is 2.